The van der Waals surface area contributed by atoms with Gasteiger partial charge in [-0.1, -0.05) is 0 Å². The predicted octanol–water partition coefficient (Wildman–Crippen LogP) is -0.544. The third kappa shape index (κ3) is 5.43. The minimum absolute atomic E-state index is 0.0783. The second-order valence-corrected chi connectivity index (χ2v) is 7.21. The summed E-state index contributed by atoms with van der Waals surface area (Å²) in [6.45, 7) is 2.26. The van der Waals surface area contributed by atoms with Crippen molar-refractivity contribution in [3.05, 3.63) is 12.7 Å². The lowest BCUT2D eigenvalue weighted by atomic mass is 9.98. The summed E-state index contributed by atoms with van der Waals surface area (Å²) in [5, 5.41) is 3.96. The Morgan fingerprint density at radius 3 is 2.95 bits per heavy atom. The van der Waals surface area contributed by atoms with E-state index in [1.807, 2.05) is 4.90 Å². The molecule has 1 aliphatic heterocycles. The van der Waals surface area contributed by atoms with Crippen LogP contribution >= 0.6 is 0 Å². The van der Waals surface area contributed by atoms with E-state index in [2.05, 4.69) is 14.8 Å². The summed E-state index contributed by atoms with van der Waals surface area (Å²) >= 11 is 0. The number of likely N-dealkylation sites (tertiary alicyclic amines) is 1. The molecular formula is C12H21N5O3S. The first-order valence-electron chi connectivity index (χ1n) is 6.99. The second kappa shape index (κ2) is 6.99. The Morgan fingerprint density at radius 2 is 2.29 bits per heavy atom. The van der Waals surface area contributed by atoms with Gasteiger partial charge in [0.05, 0.1) is 12.8 Å². The Morgan fingerprint density at radius 1 is 1.48 bits per heavy atom. The average molecular weight is 315 g/mol. The number of nitrogens with zero attached hydrogens (tertiary/aromatic N) is 4. The molecule has 0 aromatic carbocycles. The largest absolute Gasteiger partial charge is 0.342 e. The van der Waals surface area contributed by atoms with E-state index < -0.39 is 10.0 Å². The molecule has 8 nitrogen and oxygen atoms in total. The first kappa shape index (κ1) is 15.9. The molecule has 0 aliphatic carbocycles. The molecule has 0 spiro atoms. The number of carbonyl (C=O) groups is 1. The van der Waals surface area contributed by atoms with E-state index in [9.17, 15) is 13.2 Å². The smallest absolute Gasteiger partial charge is 0.224 e. The Kier molecular flexibility index (Phi) is 5.29. The van der Waals surface area contributed by atoms with Gasteiger partial charge in [-0.2, -0.15) is 5.10 Å². The molecule has 21 heavy (non-hydrogen) atoms. The van der Waals surface area contributed by atoms with E-state index >= 15 is 0 Å². The fraction of sp³-hybridized carbons (Fsp3) is 0.750. The summed E-state index contributed by atoms with van der Waals surface area (Å²) in [5.74, 6) is 0.262. The number of aromatic nitrogens is 3. The maximum absolute atomic E-state index is 12.2. The molecule has 0 radical (unpaired) electrons. The monoisotopic (exact) mass is 315 g/mol. The highest BCUT2D eigenvalue weighted by atomic mass is 32.2. The van der Waals surface area contributed by atoms with Crippen LogP contribution < -0.4 is 4.72 Å². The summed E-state index contributed by atoms with van der Waals surface area (Å²) in [5.41, 5.74) is 0. The molecular weight excluding hydrogens is 294 g/mol. The maximum Gasteiger partial charge on any atom is 0.224 e. The number of piperidine rings is 1. The molecule has 9 heteroatoms. The minimum Gasteiger partial charge on any atom is -0.342 e. The van der Waals surface area contributed by atoms with Crippen molar-refractivity contribution in [2.24, 2.45) is 5.92 Å². The van der Waals surface area contributed by atoms with Gasteiger partial charge in [-0.25, -0.2) is 18.1 Å². The van der Waals surface area contributed by atoms with Crippen molar-refractivity contribution in [2.75, 3.05) is 25.9 Å². The molecule has 1 aliphatic rings. The standard InChI is InChI=1S/C12H21N5O3S/c1-21(19,20)15-7-11-3-2-5-16(8-11)12(18)4-6-17-10-13-9-14-17/h9-11,15H,2-8H2,1H3/t11-/m0/s1. The topological polar surface area (TPSA) is 97.2 Å². The van der Waals surface area contributed by atoms with Crippen molar-refractivity contribution < 1.29 is 13.2 Å². The van der Waals surface area contributed by atoms with Gasteiger partial charge in [0.1, 0.15) is 12.7 Å². The first-order chi connectivity index (χ1) is 9.94. The zero-order chi connectivity index (χ0) is 15.3. The van der Waals surface area contributed by atoms with E-state index in [0.717, 1.165) is 25.6 Å². The molecule has 1 aromatic rings. The highest BCUT2D eigenvalue weighted by Gasteiger charge is 2.24. The lowest BCUT2D eigenvalue weighted by Gasteiger charge is -2.32. The third-order valence-electron chi connectivity index (χ3n) is 3.53. The number of aryl methyl sites for hydroxylation is 1. The number of carbonyl (C=O) groups excluding carboxylic acids is 1. The molecule has 1 N–H and O–H groups in total. The van der Waals surface area contributed by atoms with E-state index in [1.54, 1.807) is 11.0 Å². The first-order valence-corrected chi connectivity index (χ1v) is 8.88. The van der Waals surface area contributed by atoms with Crippen LogP contribution in [0.1, 0.15) is 19.3 Å². The number of sulfonamides is 1. The molecule has 2 heterocycles. The maximum atomic E-state index is 12.2. The van der Waals surface area contributed by atoms with Crippen LogP contribution in [-0.2, 0) is 21.4 Å². The molecule has 1 aromatic heterocycles. The van der Waals surface area contributed by atoms with Gasteiger partial charge in [-0.05, 0) is 18.8 Å². The van der Waals surface area contributed by atoms with Gasteiger partial charge in [-0.3, -0.25) is 9.48 Å². The molecule has 1 atom stereocenters. The van der Waals surface area contributed by atoms with Crippen molar-refractivity contribution in [3.63, 3.8) is 0 Å². The Labute approximate surface area is 124 Å². The average Bonchev–Trinajstić information content (AvgIpc) is 2.95. The van der Waals surface area contributed by atoms with Crippen LogP contribution in [0.4, 0.5) is 0 Å². The van der Waals surface area contributed by atoms with Crippen LogP contribution in [0.5, 0.6) is 0 Å². The Balaban J connectivity index is 1.78. The van der Waals surface area contributed by atoms with Gasteiger partial charge in [-0.15, -0.1) is 0 Å². The van der Waals surface area contributed by atoms with Crippen molar-refractivity contribution in [1.29, 1.82) is 0 Å². The van der Waals surface area contributed by atoms with Crippen LogP contribution in [0.25, 0.3) is 0 Å². The van der Waals surface area contributed by atoms with Gasteiger partial charge in [0.15, 0.2) is 0 Å². The summed E-state index contributed by atoms with van der Waals surface area (Å²) in [6.07, 6.45) is 6.41. The zero-order valence-electron chi connectivity index (χ0n) is 12.1. The highest BCUT2D eigenvalue weighted by Crippen LogP contribution is 2.16. The highest BCUT2D eigenvalue weighted by molar-refractivity contribution is 7.88. The lowest BCUT2D eigenvalue weighted by Crippen LogP contribution is -2.43. The van der Waals surface area contributed by atoms with Crippen molar-refractivity contribution >= 4 is 15.9 Å². The Bertz CT molecular complexity index is 557. The van der Waals surface area contributed by atoms with Crippen LogP contribution in [-0.4, -0.2) is 59.9 Å². The molecule has 1 saturated heterocycles. The molecule has 1 fully saturated rings. The van der Waals surface area contributed by atoms with Crippen molar-refractivity contribution in [2.45, 2.75) is 25.8 Å². The molecule has 0 bridgehead atoms. The quantitative estimate of drug-likeness (QED) is 0.760. The van der Waals surface area contributed by atoms with E-state index in [0.29, 0.717) is 26.1 Å². The molecule has 118 valence electrons. The molecule has 2 rings (SSSR count). The summed E-state index contributed by atoms with van der Waals surface area (Å²) < 4.78 is 26.4. The second-order valence-electron chi connectivity index (χ2n) is 5.38. The SMILES string of the molecule is CS(=O)(=O)NC[C@@H]1CCCN(C(=O)CCn2cncn2)C1. The summed E-state index contributed by atoms with van der Waals surface area (Å²) in [6, 6.07) is 0. The molecule has 1 amide bonds. The fourth-order valence-corrected chi connectivity index (χ4v) is 2.98. The van der Waals surface area contributed by atoms with E-state index in [4.69, 9.17) is 0 Å². The van der Waals surface area contributed by atoms with Crippen LogP contribution in [0.3, 0.4) is 0 Å². The van der Waals surface area contributed by atoms with E-state index in [-0.39, 0.29) is 11.8 Å². The third-order valence-corrected chi connectivity index (χ3v) is 4.22. The van der Waals surface area contributed by atoms with Crippen molar-refractivity contribution in [1.82, 2.24) is 24.4 Å². The van der Waals surface area contributed by atoms with Crippen LogP contribution in [0, 0.1) is 5.92 Å². The summed E-state index contributed by atoms with van der Waals surface area (Å²) in [4.78, 5) is 17.8. The number of hydrogen-bond donors (Lipinski definition) is 1. The number of nitrogens with one attached hydrogen (secondary N) is 1. The van der Waals surface area contributed by atoms with Gasteiger partial charge >= 0.3 is 0 Å². The van der Waals surface area contributed by atoms with Gasteiger partial charge in [0.2, 0.25) is 15.9 Å². The van der Waals surface area contributed by atoms with Gasteiger partial charge in [0.25, 0.3) is 0 Å². The van der Waals surface area contributed by atoms with Gasteiger partial charge < -0.3 is 4.90 Å². The van der Waals surface area contributed by atoms with Crippen molar-refractivity contribution in [3.8, 4) is 0 Å². The predicted molar refractivity (Wildman–Crippen MR) is 76.8 cm³/mol. The molecule has 0 unspecified atom stereocenters. The Hall–Kier alpha value is -1.48. The number of hydrogen-bond acceptors (Lipinski definition) is 5. The number of rotatable bonds is 6. The van der Waals surface area contributed by atoms with Crippen LogP contribution in [0.2, 0.25) is 0 Å². The normalized spacial score (nSPS) is 19.7. The van der Waals surface area contributed by atoms with E-state index in [1.165, 1.54) is 6.33 Å². The zero-order valence-corrected chi connectivity index (χ0v) is 12.9. The van der Waals surface area contributed by atoms with Gasteiger partial charge in [0, 0.05) is 26.1 Å². The van der Waals surface area contributed by atoms with Crippen LogP contribution in [0.15, 0.2) is 12.7 Å². The summed E-state index contributed by atoms with van der Waals surface area (Å²) in [7, 11) is -3.17. The minimum atomic E-state index is -3.17. The molecule has 0 saturated carbocycles. The lowest BCUT2D eigenvalue weighted by molar-refractivity contribution is -0.133. The number of amides is 1. The fourth-order valence-electron chi connectivity index (χ4n) is 2.44.